The molecule has 0 aliphatic carbocycles. The molecule has 21 heavy (non-hydrogen) atoms. The number of carbonyl (C=O) groups excluding carboxylic acids is 1. The highest BCUT2D eigenvalue weighted by Crippen LogP contribution is 2.32. The van der Waals surface area contributed by atoms with Crippen molar-refractivity contribution in [3.63, 3.8) is 0 Å². The van der Waals surface area contributed by atoms with Crippen molar-refractivity contribution < 1.29 is 14.3 Å². The van der Waals surface area contributed by atoms with Gasteiger partial charge in [0.25, 0.3) is 5.91 Å². The monoisotopic (exact) mass is 285 g/mol. The highest BCUT2D eigenvalue weighted by molar-refractivity contribution is 6.08. The molecule has 0 aromatic heterocycles. The minimum absolute atomic E-state index is 0.125. The molecule has 2 aromatic carbocycles. The maximum atomic E-state index is 13.1. The van der Waals surface area contributed by atoms with Crippen molar-refractivity contribution >= 4 is 11.6 Å². The number of amides is 1. The van der Waals surface area contributed by atoms with Crippen LogP contribution in [0.5, 0.6) is 5.75 Å². The second-order valence-electron chi connectivity index (χ2n) is 5.52. The predicted molar refractivity (Wildman–Crippen MR) is 79.1 cm³/mol. The third-order valence-corrected chi connectivity index (χ3v) is 3.78. The molecule has 3 nitrogen and oxygen atoms in total. The van der Waals surface area contributed by atoms with Crippen LogP contribution in [-0.4, -0.2) is 17.6 Å². The van der Waals surface area contributed by atoms with Gasteiger partial charge in [-0.25, -0.2) is 4.39 Å². The number of carbonyl (C=O) groups is 1. The van der Waals surface area contributed by atoms with Gasteiger partial charge in [0.2, 0.25) is 0 Å². The number of anilines is 1. The number of phenolic OH excluding ortho intramolecular Hbond substituents is 1. The van der Waals surface area contributed by atoms with Gasteiger partial charge in [-0.2, -0.15) is 0 Å². The van der Waals surface area contributed by atoms with Crippen molar-refractivity contribution in [2.45, 2.75) is 13.3 Å². The molecule has 0 bridgehead atoms. The SMILES string of the molecule is CC1Cc2ccccc2N(C(=O)c2ccc(F)cc2O)C1. The first-order chi connectivity index (χ1) is 10.1. The van der Waals surface area contributed by atoms with E-state index in [2.05, 4.69) is 6.92 Å². The minimum atomic E-state index is -0.559. The molecule has 0 fully saturated rings. The highest BCUT2D eigenvalue weighted by atomic mass is 19.1. The van der Waals surface area contributed by atoms with Crippen LogP contribution in [0.2, 0.25) is 0 Å². The molecule has 1 amide bonds. The van der Waals surface area contributed by atoms with E-state index in [0.29, 0.717) is 12.5 Å². The van der Waals surface area contributed by atoms with E-state index in [1.165, 1.54) is 12.1 Å². The second kappa shape index (κ2) is 5.20. The second-order valence-corrected chi connectivity index (χ2v) is 5.52. The maximum absolute atomic E-state index is 13.1. The number of benzene rings is 2. The lowest BCUT2D eigenvalue weighted by molar-refractivity contribution is 0.0978. The van der Waals surface area contributed by atoms with Crippen molar-refractivity contribution in [3.05, 3.63) is 59.4 Å². The first-order valence-corrected chi connectivity index (χ1v) is 6.94. The maximum Gasteiger partial charge on any atom is 0.262 e. The van der Waals surface area contributed by atoms with Gasteiger partial charge >= 0.3 is 0 Å². The molecule has 108 valence electrons. The third kappa shape index (κ3) is 2.49. The molecule has 1 aliphatic rings. The van der Waals surface area contributed by atoms with Gasteiger partial charge in [0.1, 0.15) is 11.6 Å². The number of fused-ring (bicyclic) bond motifs is 1. The summed E-state index contributed by atoms with van der Waals surface area (Å²) in [6, 6.07) is 11.2. The molecule has 1 atom stereocenters. The topological polar surface area (TPSA) is 40.5 Å². The number of phenols is 1. The van der Waals surface area contributed by atoms with Crippen LogP contribution in [0.25, 0.3) is 0 Å². The number of hydrogen-bond acceptors (Lipinski definition) is 2. The molecule has 0 saturated carbocycles. The summed E-state index contributed by atoms with van der Waals surface area (Å²) in [6.07, 6.45) is 0.926. The minimum Gasteiger partial charge on any atom is -0.507 e. The Bertz CT molecular complexity index is 699. The van der Waals surface area contributed by atoms with Crippen molar-refractivity contribution in [1.82, 2.24) is 0 Å². The summed E-state index contributed by atoms with van der Waals surface area (Å²) in [6.45, 7) is 2.67. The Morgan fingerprint density at radius 1 is 1.29 bits per heavy atom. The lowest BCUT2D eigenvalue weighted by atomic mass is 9.93. The number of halogens is 1. The normalized spacial score (nSPS) is 17.4. The van der Waals surface area contributed by atoms with Crippen LogP contribution in [-0.2, 0) is 6.42 Å². The summed E-state index contributed by atoms with van der Waals surface area (Å²) in [5.41, 5.74) is 2.11. The Labute approximate surface area is 122 Å². The molecular formula is C17H16FNO2. The van der Waals surface area contributed by atoms with Crippen molar-refractivity contribution in [2.75, 3.05) is 11.4 Å². The van der Waals surface area contributed by atoms with E-state index in [1.807, 2.05) is 24.3 Å². The van der Waals surface area contributed by atoms with Crippen LogP contribution in [0.1, 0.15) is 22.8 Å². The van der Waals surface area contributed by atoms with Crippen molar-refractivity contribution in [3.8, 4) is 5.75 Å². The molecule has 4 heteroatoms. The number of aromatic hydroxyl groups is 1. The third-order valence-electron chi connectivity index (χ3n) is 3.78. The largest absolute Gasteiger partial charge is 0.507 e. The van der Waals surface area contributed by atoms with Gasteiger partial charge in [-0.3, -0.25) is 4.79 Å². The van der Waals surface area contributed by atoms with E-state index in [1.54, 1.807) is 4.90 Å². The van der Waals surface area contributed by atoms with E-state index >= 15 is 0 Å². The average Bonchev–Trinajstić information content (AvgIpc) is 2.45. The van der Waals surface area contributed by atoms with Gasteiger partial charge in [0, 0.05) is 18.3 Å². The highest BCUT2D eigenvalue weighted by Gasteiger charge is 2.28. The predicted octanol–water partition coefficient (Wildman–Crippen LogP) is 3.37. The molecule has 2 aromatic rings. The van der Waals surface area contributed by atoms with Crippen LogP contribution < -0.4 is 4.90 Å². The van der Waals surface area contributed by atoms with Crippen LogP contribution in [0.4, 0.5) is 10.1 Å². The zero-order valence-electron chi connectivity index (χ0n) is 11.7. The fourth-order valence-electron chi connectivity index (χ4n) is 2.82. The summed E-state index contributed by atoms with van der Waals surface area (Å²) in [5.74, 6) is -0.842. The molecule has 0 spiro atoms. The smallest absolute Gasteiger partial charge is 0.262 e. The number of nitrogens with zero attached hydrogens (tertiary/aromatic N) is 1. The fourth-order valence-corrected chi connectivity index (χ4v) is 2.82. The Hall–Kier alpha value is -2.36. The van der Waals surface area contributed by atoms with Gasteiger partial charge < -0.3 is 10.0 Å². The van der Waals surface area contributed by atoms with Crippen LogP contribution in [0.3, 0.4) is 0 Å². The van der Waals surface area contributed by atoms with E-state index < -0.39 is 5.82 Å². The molecule has 0 radical (unpaired) electrons. The Balaban J connectivity index is 2.02. The summed E-state index contributed by atoms with van der Waals surface area (Å²) in [4.78, 5) is 14.3. The van der Waals surface area contributed by atoms with E-state index in [0.717, 1.165) is 23.7 Å². The zero-order chi connectivity index (χ0) is 15.0. The number of hydrogen-bond donors (Lipinski definition) is 1. The van der Waals surface area contributed by atoms with Gasteiger partial charge in [-0.15, -0.1) is 0 Å². The van der Waals surface area contributed by atoms with Crippen LogP contribution >= 0.6 is 0 Å². The summed E-state index contributed by atoms with van der Waals surface area (Å²) in [5, 5.41) is 9.82. The van der Waals surface area contributed by atoms with Gasteiger partial charge in [-0.05, 0) is 36.1 Å². The van der Waals surface area contributed by atoms with Crippen molar-refractivity contribution in [1.29, 1.82) is 0 Å². The summed E-state index contributed by atoms with van der Waals surface area (Å²) >= 11 is 0. The molecule has 1 heterocycles. The van der Waals surface area contributed by atoms with E-state index in [-0.39, 0.29) is 17.2 Å². The molecule has 1 N–H and O–H groups in total. The summed E-state index contributed by atoms with van der Waals surface area (Å²) < 4.78 is 13.1. The van der Waals surface area contributed by atoms with Crippen LogP contribution in [0.15, 0.2) is 42.5 Å². The van der Waals surface area contributed by atoms with Gasteiger partial charge in [0.05, 0.1) is 5.56 Å². The Kier molecular flexibility index (Phi) is 3.37. The Morgan fingerprint density at radius 3 is 2.81 bits per heavy atom. The average molecular weight is 285 g/mol. The lowest BCUT2D eigenvalue weighted by Crippen LogP contribution is -2.39. The molecule has 1 unspecified atom stereocenters. The molecule has 0 saturated heterocycles. The van der Waals surface area contributed by atoms with Crippen molar-refractivity contribution in [2.24, 2.45) is 5.92 Å². The van der Waals surface area contributed by atoms with Gasteiger partial charge in [0.15, 0.2) is 0 Å². The zero-order valence-corrected chi connectivity index (χ0v) is 11.7. The quantitative estimate of drug-likeness (QED) is 0.872. The molecule has 3 rings (SSSR count). The lowest BCUT2D eigenvalue weighted by Gasteiger charge is -2.33. The first kappa shape index (κ1) is 13.6. The Morgan fingerprint density at radius 2 is 2.05 bits per heavy atom. The van der Waals surface area contributed by atoms with E-state index in [9.17, 15) is 14.3 Å². The standard InChI is InChI=1S/C17H16FNO2/c1-11-8-12-4-2-3-5-15(12)19(10-11)17(21)14-7-6-13(18)9-16(14)20/h2-7,9,11,20H,8,10H2,1H3. The number of para-hydroxylation sites is 1. The molecule has 1 aliphatic heterocycles. The molecular weight excluding hydrogens is 269 g/mol. The fraction of sp³-hybridized carbons (Fsp3) is 0.235. The van der Waals surface area contributed by atoms with Crippen LogP contribution in [0, 0.1) is 11.7 Å². The summed E-state index contributed by atoms with van der Waals surface area (Å²) in [7, 11) is 0. The van der Waals surface area contributed by atoms with Gasteiger partial charge in [-0.1, -0.05) is 25.1 Å². The number of rotatable bonds is 1. The first-order valence-electron chi connectivity index (χ1n) is 6.94. The van der Waals surface area contributed by atoms with E-state index in [4.69, 9.17) is 0 Å².